The Morgan fingerprint density at radius 2 is 1.81 bits per heavy atom. The van der Waals surface area contributed by atoms with Gasteiger partial charge in [-0.3, -0.25) is 9.78 Å². The van der Waals surface area contributed by atoms with Crippen LogP contribution in [-0.4, -0.2) is 36.4 Å². The van der Waals surface area contributed by atoms with Gasteiger partial charge in [0.25, 0.3) is 0 Å². The van der Waals surface area contributed by atoms with Crippen molar-refractivity contribution in [3.8, 4) is 22.6 Å². The highest BCUT2D eigenvalue weighted by Crippen LogP contribution is 2.59. The summed E-state index contributed by atoms with van der Waals surface area (Å²) in [6.07, 6.45) is -2.72. The van der Waals surface area contributed by atoms with Crippen LogP contribution in [-0.2, 0) is 16.6 Å². The van der Waals surface area contributed by atoms with Gasteiger partial charge in [-0.2, -0.15) is 13.2 Å². The molecule has 0 spiro atoms. The molecule has 36 heavy (non-hydrogen) atoms. The van der Waals surface area contributed by atoms with Crippen molar-refractivity contribution in [3.63, 3.8) is 0 Å². The van der Waals surface area contributed by atoms with E-state index in [1.54, 1.807) is 38.6 Å². The molecular formula is C26H22F3N3O4. The minimum absolute atomic E-state index is 0.0243. The van der Waals surface area contributed by atoms with Crippen LogP contribution in [0.25, 0.3) is 22.0 Å². The van der Waals surface area contributed by atoms with E-state index in [-0.39, 0.29) is 30.8 Å². The number of halogens is 3. The van der Waals surface area contributed by atoms with Crippen LogP contribution in [0.3, 0.4) is 0 Å². The number of methoxy groups -OCH3 is 2. The number of fused-ring (bicyclic) bond motifs is 1. The number of rotatable bonds is 7. The zero-order chi connectivity index (χ0) is 25.5. The Labute approximate surface area is 204 Å². The third kappa shape index (κ3) is 4.34. The Morgan fingerprint density at radius 1 is 1.06 bits per heavy atom. The summed E-state index contributed by atoms with van der Waals surface area (Å²) in [6.45, 7) is 0. The number of alkyl halides is 3. The molecule has 1 saturated carbocycles. The molecule has 10 heteroatoms. The quantitative estimate of drug-likeness (QED) is 0.354. The average molecular weight is 497 g/mol. The van der Waals surface area contributed by atoms with Crippen molar-refractivity contribution in [1.29, 1.82) is 0 Å². The highest BCUT2D eigenvalue weighted by Gasteiger charge is 2.66. The molecule has 1 aliphatic carbocycles. The summed E-state index contributed by atoms with van der Waals surface area (Å²) in [7, 11) is 3.16. The van der Waals surface area contributed by atoms with E-state index in [1.807, 2.05) is 24.3 Å². The molecule has 0 bridgehead atoms. The summed E-state index contributed by atoms with van der Waals surface area (Å²) >= 11 is 0. The number of pyridine rings is 1. The van der Waals surface area contributed by atoms with Crippen LogP contribution in [0.15, 0.2) is 59.3 Å². The van der Waals surface area contributed by atoms with E-state index in [9.17, 15) is 18.0 Å². The Hall–Kier alpha value is -4.08. The third-order valence-electron chi connectivity index (χ3n) is 6.39. The van der Waals surface area contributed by atoms with Crippen LogP contribution in [0, 0.1) is 0 Å². The maximum Gasteiger partial charge on any atom is 0.401 e. The second kappa shape index (κ2) is 8.85. The van der Waals surface area contributed by atoms with Gasteiger partial charge in [-0.1, -0.05) is 29.4 Å². The SMILES string of the molecule is COc1cc(OC)c2cc(-c3ccc(CC(=O)Nc4cc(C5(C(F)(F)F)CC5)on4)cc3)cnc2c1. The largest absolute Gasteiger partial charge is 0.497 e. The summed E-state index contributed by atoms with van der Waals surface area (Å²) in [5.74, 6) is 0.580. The molecule has 0 atom stereocenters. The number of nitrogens with one attached hydrogen (secondary N) is 1. The van der Waals surface area contributed by atoms with Gasteiger partial charge in [0.1, 0.15) is 16.9 Å². The van der Waals surface area contributed by atoms with Crippen LogP contribution >= 0.6 is 0 Å². The normalized spacial score (nSPS) is 14.5. The predicted molar refractivity (Wildman–Crippen MR) is 126 cm³/mol. The van der Waals surface area contributed by atoms with Crippen LogP contribution < -0.4 is 14.8 Å². The van der Waals surface area contributed by atoms with Crippen molar-refractivity contribution in [1.82, 2.24) is 10.1 Å². The number of carbonyl (C=O) groups is 1. The Balaban J connectivity index is 1.27. The molecule has 7 nitrogen and oxygen atoms in total. The fraction of sp³-hybridized carbons (Fsp3) is 0.269. The molecule has 186 valence electrons. The second-order valence-electron chi connectivity index (χ2n) is 8.70. The van der Waals surface area contributed by atoms with E-state index in [0.717, 1.165) is 33.7 Å². The lowest BCUT2D eigenvalue weighted by Crippen LogP contribution is -2.28. The molecule has 2 aromatic heterocycles. The first-order valence-electron chi connectivity index (χ1n) is 11.2. The molecule has 5 rings (SSSR count). The first-order chi connectivity index (χ1) is 17.2. The van der Waals surface area contributed by atoms with Crippen molar-refractivity contribution in [2.75, 3.05) is 19.5 Å². The molecule has 2 aromatic carbocycles. The van der Waals surface area contributed by atoms with Crippen molar-refractivity contribution >= 4 is 22.6 Å². The highest BCUT2D eigenvalue weighted by molar-refractivity contribution is 5.92. The number of hydrogen-bond donors (Lipinski definition) is 1. The highest BCUT2D eigenvalue weighted by atomic mass is 19.4. The Bertz CT molecular complexity index is 1430. The molecule has 1 N–H and O–H groups in total. The maximum absolute atomic E-state index is 13.3. The topological polar surface area (TPSA) is 86.5 Å². The zero-order valence-corrected chi connectivity index (χ0v) is 19.5. The number of hydrogen-bond acceptors (Lipinski definition) is 6. The minimum atomic E-state index is -4.41. The molecule has 1 aliphatic rings. The lowest BCUT2D eigenvalue weighted by Gasteiger charge is -2.14. The monoisotopic (exact) mass is 497 g/mol. The fourth-order valence-electron chi connectivity index (χ4n) is 4.16. The van der Waals surface area contributed by atoms with Gasteiger partial charge in [0.15, 0.2) is 11.6 Å². The van der Waals surface area contributed by atoms with Gasteiger partial charge in [-0.05, 0) is 30.0 Å². The van der Waals surface area contributed by atoms with Gasteiger partial charge in [-0.15, -0.1) is 0 Å². The van der Waals surface area contributed by atoms with E-state index in [2.05, 4.69) is 15.5 Å². The molecule has 2 heterocycles. The summed E-state index contributed by atoms with van der Waals surface area (Å²) in [5, 5.41) is 6.93. The van der Waals surface area contributed by atoms with Crippen LogP contribution in [0.2, 0.25) is 0 Å². The van der Waals surface area contributed by atoms with Gasteiger partial charge in [0.2, 0.25) is 5.91 Å². The zero-order valence-electron chi connectivity index (χ0n) is 19.5. The van der Waals surface area contributed by atoms with E-state index in [1.165, 1.54) is 0 Å². The third-order valence-corrected chi connectivity index (χ3v) is 6.39. The smallest absolute Gasteiger partial charge is 0.401 e. The van der Waals surface area contributed by atoms with Crippen LogP contribution in [0.1, 0.15) is 24.2 Å². The van der Waals surface area contributed by atoms with Crippen molar-refractivity contribution in [2.45, 2.75) is 30.9 Å². The lowest BCUT2D eigenvalue weighted by molar-refractivity contribution is -0.165. The molecule has 0 saturated heterocycles. The molecule has 0 unspecified atom stereocenters. The first kappa shape index (κ1) is 23.7. The van der Waals surface area contributed by atoms with Crippen LogP contribution in [0.5, 0.6) is 11.5 Å². The van der Waals surface area contributed by atoms with E-state index >= 15 is 0 Å². The van der Waals surface area contributed by atoms with Crippen molar-refractivity contribution in [3.05, 3.63) is 66.1 Å². The lowest BCUT2D eigenvalue weighted by atomic mass is 10.0. The van der Waals surface area contributed by atoms with E-state index < -0.39 is 17.5 Å². The second-order valence-corrected chi connectivity index (χ2v) is 8.70. The molecular weight excluding hydrogens is 475 g/mol. The minimum Gasteiger partial charge on any atom is -0.497 e. The predicted octanol–water partition coefficient (Wildman–Crippen LogP) is 5.68. The standard InChI is InChI=1S/C26H22F3N3O4/c1-34-18-11-20-19(21(12-18)35-2)10-17(14-30-20)16-5-3-15(4-6-16)9-24(33)31-23-13-22(36-32-23)25(7-8-25)26(27,28)29/h3-6,10-14H,7-9H2,1-2H3,(H,31,32,33). The first-order valence-corrected chi connectivity index (χ1v) is 11.2. The summed E-state index contributed by atoms with van der Waals surface area (Å²) in [6, 6.07) is 14.1. The molecule has 4 aromatic rings. The van der Waals surface area contributed by atoms with Crippen molar-refractivity contribution < 1.29 is 32.0 Å². The summed E-state index contributed by atoms with van der Waals surface area (Å²) < 4.78 is 55.4. The molecule has 0 radical (unpaired) electrons. The number of anilines is 1. The number of benzene rings is 2. The molecule has 1 amide bonds. The van der Waals surface area contributed by atoms with Gasteiger partial charge >= 0.3 is 6.18 Å². The fourth-order valence-corrected chi connectivity index (χ4v) is 4.16. The van der Waals surface area contributed by atoms with Crippen molar-refractivity contribution in [2.24, 2.45) is 0 Å². The van der Waals surface area contributed by atoms with Gasteiger partial charge in [-0.25, -0.2) is 0 Å². The Kier molecular flexibility index (Phi) is 5.82. The van der Waals surface area contributed by atoms with Gasteiger partial charge in [0, 0.05) is 35.3 Å². The van der Waals surface area contributed by atoms with Gasteiger partial charge < -0.3 is 19.3 Å². The number of ether oxygens (including phenoxy) is 2. The van der Waals surface area contributed by atoms with Gasteiger partial charge in [0.05, 0.1) is 26.2 Å². The van der Waals surface area contributed by atoms with E-state index in [0.29, 0.717) is 11.5 Å². The summed E-state index contributed by atoms with van der Waals surface area (Å²) in [5.41, 5.74) is 1.25. The number of aromatic nitrogens is 2. The number of nitrogens with zero attached hydrogens (tertiary/aromatic N) is 2. The molecule has 0 aliphatic heterocycles. The number of amides is 1. The Morgan fingerprint density at radius 3 is 2.44 bits per heavy atom. The molecule has 1 fully saturated rings. The van der Waals surface area contributed by atoms with Crippen LogP contribution in [0.4, 0.5) is 19.0 Å². The van der Waals surface area contributed by atoms with E-state index in [4.69, 9.17) is 14.0 Å². The average Bonchev–Trinajstić information content (AvgIpc) is 3.57. The maximum atomic E-state index is 13.3. The number of carbonyl (C=O) groups excluding carboxylic acids is 1. The summed E-state index contributed by atoms with van der Waals surface area (Å²) in [4.78, 5) is 16.9.